The number of ether oxygens (including phenoxy) is 1. The van der Waals surface area contributed by atoms with Crippen LogP contribution in [0.25, 0.3) is 0 Å². The lowest BCUT2D eigenvalue weighted by molar-refractivity contribution is -0.0380. The van der Waals surface area contributed by atoms with Gasteiger partial charge in [-0.05, 0) is 19.4 Å². The molecule has 1 aliphatic heterocycles. The number of morpholine rings is 1. The Morgan fingerprint density at radius 3 is 2.88 bits per heavy atom. The van der Waals surface area contributed by atoms with Crippen LogP contribution in [0.15, 0.2) is 43.0 Å². The van der Waals surface area contributed by atoms with E-state index >= 15 is 0 Å². The first-order valence-electron chi connectivity index (χ1n) is 8.21. The molecule has 128 valence electrons. The van der Waals surface area contributed by atoms with Gasteiger partial charge in [0.15, 0.2) is 0 Å². The molecule has 1 aromatic carbocycles. The van der Waals surface area contributed by atoms with Gasteiger partial charge in [-0.1, -0.05) is 30.3 Å². The molecule has 3 rings (SSSR count). The van der Waals surface area contributed by atoms with Gasteiger partial charge in [0.2, 0.25) is 0 Å². The third-order valence-electron chi connectivity index (χ3n) is 4.48. The lowest BCUT2D eigenvalue weighted by atomic mass is 10.1. The highest BCUT2D eigenvalue weighted by Gasteiger charge is 2.30. The Bertz CT molecular complexity index is 646. The predicted octanol–water partition coefficient (Wildman–Crippen LogP) is 1.84. The van der Waals surface area contributed by atoms with Crippen molar-refractivity contribution in [3.05, 3.63) is 48.5 Å². The molecule has 1 aliphatic rings. The van der Waals surface area contributed by atoms with Crippen molar-refractivity contribution in [2.24, 2.45) is 0 Å². The maximum Gasteiger partial charge on any atom is 0.318 e. The van der Waals surface area contributed by atoms with E-state index in [2.05, 4.69) is 15.4 Å². The van der Waals surface area contributed by atoms with Crippen molar-refractivity contribution in [3.8, 4) is 0 Å². The minimum Gasteiger partial charge on any atom is -0.375 e. The number of aromatic nitrogens is 3. The summed E-state index contributed by atoms with van der Waals surface area (Å²) in [5.74, 6) is 0. The van der Waals surface area contributed by atoms with Crippen LogP contribution in [0.4, 0.5) is 4.79 Å². The van der Waals surface area contributed by atoms with Gasteiger partial charge in [0.25, 0.3) is 0 Å². The molecule has 0 spiro atoms. The van der Waals surface area contributed by atoms with Gasteiger partial charge in [0.05, 0.1) is 31.3 Å². The number of carbonyl (C=O) groups excluding carboxylic acids is 1. The van der Waals surface area contributed by atoms with E-state index in [-0.39, 0.29) is 24.2 Å². The molecule has 2 aromatic rings. The number of benzene rings is 1. The van der Waals surface area contributed by atoms with Crippen LogP contribution in [0, 0.1) is 0 Å². The van der Waals surface area contributed by atoms with Crippen LogP contribution in [-0.4, -0.2) is 51.0 Å². The molecule has 7 heteroatoms. The Morgan fingerprint density at radius 1 is 1.38 bits per heavy atom. The zero-order chi connectivity index (χ0) is 16.9. The van der Waals surface area contributed by atoms with Crippen molar-refractivity contribution in [2.75, 3.05) is 13.2 Å². The predicted molar refractivity (Wildman–Crippen MR) is 89.3 cm³/mol. The van der Waals surface area contributed by atoms with Gasteiger partial charge in [-0.2, -0.15) is 5.10 Å². The topological polar surface area (TPSA) is 72.3 Å². The zero-order valence-electron chi connectivity index (χ0n) is 14.0. The first-order valence-corrected chi connectivity index (χ1v) is 8.21. The van der Waals surface area contributed by atoms with Crippen LogP contribution in [0.3, 0.4) is 0 Å². The van der Waals surface area contributed by atoms with Gasteiger partial charge in [-0.25, -0.2) is 9.78 Å². The molecule has 1 aromatic heterocycles. The van der Waals surface area contributed by atoms with E-state index in [0.29, 0.717) is 19.7 Å². The molecule has 1 N–H and O–H groups in total. The normalized spacial score (nSPS) is 22.2. The number of nitrogens with one attached hydrogen (secondary N) is 1. The number of carbonyl (C=O) groups is 1. The van der Waals surface area contributed by atoms with Crippen molar-refractivity contribution in [2.45, 2.75) is 38.6 Å². The fraction of sp³-hybridized carbons (Fsp3) is 0.471. The highest BCUT2D eigenvalue weighted by molar-refractivity contribution is 5.75. The molecule has 2 amide bonds. The molecule has 24 heavy (non-hydrogen) atoms. The summed E-state index contributed by atoms with van der Waals surface area (Å²) in [4.78, 5) is 18.6. The van der Waals surface area contributed by atoms with Crippen molar-refractivity contribution in [3.63, 3.8) is 0 Å². The summed E-state index contributed by atoms with van der Waals surface area (Å²) in [6.07, 6.45) is 3.19. The Labute approximate surface area is 141 Å². The van der Waals surface area contributed by atoms with Crippen LogP contribution in [0.2, 0.25) is 0 Å². The fourth-order valence-corrected chi connectivity index (χ4v) is 2.89. The lowest BCUT2D eigenvalue weighted by Gasteiger charge is -2.38. The van der Waals surface area contributed by atoms with Gasteiger partial charge in [-0.15, -0.1) is 0 Å². The molecule has 0 bridgehead atoms. The summed E-state index contributed by atoms with van der Waals surface area (Å²) in [6, 6.07) is 9.70. The molecular weight excluding hydrogens is 306 g/mol. The average Bonchev–Trinajstić information content (AvgIpc) is 3.10. The van der Waals surface area contributed by atoms with Crippen molar-refractivity contribution >= 4 is 6.03 Å². The number of hydrogen-bond acceptors (Lipinski definition) is 4. The Morgan fingerprint density at radius 2 is 2.17 bits per heavy atom. The summed E-state index contributed by atoms with van der Waals surface area (Å²) >= 11 is 0. The Balaban J connectivity index is 1.74. The lowest BCUT2D eigenvalue weighted by Crippen LogP contribution is -2.55. The second-order valence-electron chi connectivity index (χ2n) is 6.04. The standard InChI is InChI=1S/C17H23N5O2/c1-13-14(2)24-9-8-22(13)17(23)20-16(10-21-12-18-11-19-21)15-6-4-3-5-7-15/h3-7,11-14,16H,8-10H2,1-2H3,(H,20,23)/t13-,14-,16+/m0/s1. The Hall–Kier alpha value is -2.41. The highest BCUT2D eigenvalue weighted by Crippen LogP contribution is 2.18. The summed E-state index contributed by atoms with van der Waals surface area (Å²) in [5, 5.41) is 7.28. The second-order valence-corrected chi connectivity index (χ2v) is 6.04. The third kappa shape index (κ3) is 3.73. The molecule has 3 atom stereocenters. The van der Waals surface area contributed by atoms with Gasteiger partial charge >= 0.3 is 6.03 Å². The zero-order valence-corrected chi connectivity index (χ0v) is 14.0. The number of hydrogen-bond donors (Lipinski definition) is 1. The van der Waals surface area contributed by atoms with Crippen LogP contribution in [-0.2, 0) is 11.3 Å². The first-order chi connectivity index (χ1) is 11.6. The Kier molecular flexibility index (Phi) is 5.10. The second kappa shape index (κ2) is 7.44. The van der Waals surface area contributed by atoms with E-state index in [1.54, 1.807) is 11.0 Å². The van der Waals surface area contributed by atoms with E-state index in [1.165, 1.54) is 6.33 Å². The quantitative estimate of drug-likeness (QED) is 0.929. The van der Waals surface area contributed by atoms with Gasteiger partial charge in [-0.3, -0.25) is 4.68 Å². The summed E-state index contributed by atoms with van der Waals surface area (Å²) < 4.78 is 7.33. The van der Waals surface area contributed by atoms with Crippen LogP contribution >= 0.6 is 0 Å². The molecule has 1 saturated heterocycles. The summed E-state index contributed by atoms with van der Waals surface area (Å²) in [6.45, 7) is 5.71. The molecule has 2 heterocycles. The molecule has 0 radical (unpaired) electrons. The largest absolute Gasteiger partial charge is 0.375 e. The fourth-order valence-electron chi connectivity index (χ4n) is 2.89. The monoisotopic (exact) mass is 329 g/mol. The van der Waals surface area contributed by atoms with E-state index in [0.717, 1.165) is 5.56 Å². The van der Waals surface area contributed by atoms with Crippen molar-refractivity contribution in [1.29, 1.82) is 0 Å². The van der Waals surface area contributed by atoms with E-state index in [9.17, 15) is 4.79 Å². The molecule has 0 aliphatic carbocycles. The van der Waals surface area contributed by atoms with Crippen LogP contribution in [0.5, 0.6) is 0 Å². The first kappa shape index (κ1) is 16.4. The number of urea groups is 1. The van der Waals surface area contributed by atoms with Crippen molar-refractivity contribution in [1.82, 2.24) is 25.0 Å². The molecular formula is C17H23N5O2. The maximum absolute atomic E-state index is 12.8. The third-order valence-corrected chi connectivity index (χ3v) is 4.48. The van der Waals surface area contributed by atoms with Crippen molar-refractivity contribution < 1.29 is 9.53 Å². The smallest absolute Gasteiger partial charge is 0.318 e. The molecule has 0 unspecified atom stereocenters. The molecule has 0 saturated carbocycles. The molecule has 7 nitrogen and oxygen atoms in total. The number of rotatable bonds is 4. The van der Waals surface area contributed by atoms with E-state index in [1.807, 2.05) is 49.1 Å². The van der Waals surface area contributed by atoms with Gasteiger partial charge < -0.3 is 15.0 Å². The van der Waals surface area contributed by atoms with E-state index < -0.39 is 0 Å². The summed E-state index contributed by atoms with van der Waals surface area (Å²) in [7, 11) is 0. The average molecular weight is 329 g/mol. The number of amides is 2. The minimum absolute atomic E-state index is 0.0370. The van der Waals surface area contributed by atoms with Crippen LogP contribution in [0.1, 0.15) is 25.5 Å². The van der Waals surface area contributed by atoms with E-state index in [4.69, 9.17) is 4.74 Å². The number of nitrogens with zero attached hydrogens (tertiary/aromatic N) is 4. The van der Waals surface area contributed by atoms with Gasteiger partial charge in [0.1, 0.15) is 12.7 Å². The van der Waals surface area contributed by atoms with Gasteiger partial charge in [0, 0.05) is 6.54 Å². The maximum atomic E-state index is 12.8. The SMILES string of the molecule is C[C@@H]1OCCN(C(=O)N[C@H](Cn2cncn2)c2ccccc2)[C@H]1C. The summed E-state index contributed by atoms with van der Waals surface area (Å²) in [5.41, 5.74) is 1.04. The minimum atomic E-state index is -0.175. The van der Waals surface area contributed by atoms with Crippen LogP contribution < -0.4 is 5.32 Å². The molecule has 1 fully saturated rings. The highest BCUT2D eigenvalue weighted by atomic mass is 16.5.